The van der Waals surface area contributed by atoms with Gasteiger partial charge in [-0.2, -0.15) is 0 Å². The molecule has 0 rings (SSSR count). The Bertz CT molecular complexity index is 344. The molecule has 0 aromatic rings. The van der Waals surface area contributed by atoms with Crippen molar-refractivity contribution in [2.24, 2.45) is 0 Å². The standard InChI is InChI=1S/C22H43NO3/c1-3-5-6-7-8-9-10-11-12-13-14-15-16-17-18-19-21(24)23-20(4-2)22(25)26/h20H,3-19H2,1-2H3,(H,23,24)(H,25,26)/t20-/m0/s1. The number of carboxylic acid groups (broad SMARTS) is 1. The van der Waals surface area contributed by atoms with E-state index in [1.165, 1.54) is 83.5 Å². The third kappa shape index (κ3) is 16.4. The van der Waals surface area contributed by atoms with Crippen LogP contribution in [0.15, 0.2) is 0 Å². The molecule has 0 saturated heterocycles. The van der Waals surface area contributed by atoms with E-state index in [1.807, 2.05) is 0 Å². The average Bonchev–Trinajstić information content (AvgIpc) is 2.62. The van der Waals surface area contributed by atoms with Crippen LogP contribution in [-0.4, -0.2) is 23.0 Å². The van der Waals surface area contributed by atoms with Crippen molar-refractivity contribution in [1.82, 2.24) is 5.32 Å². The first-order valence-electron chi connectivity index (χ1n) is 11.1. The fourth-order valence-electron chi connectivity index (χ4n) is 3.26. The van der Waals surface area contributed by atoms with E-state index in [-0.39, 0.29) is 5.91 Å². The fraction of sp³-hybridized carbons (Fsp3) is 0.909. The number of amides is 1. The molecular formula is C22H43NO3. The minimum absolute atomic E-state index is 0.131. The maximum absolute atomic E-state index is 11.7. The largest absolute Gasteiger partial charge is 0.480 e. The molecule has 0 aromatic carbocycles. The van der Waals surface area contributed by atoms with Crippen LogP contribution >= 0.6 is 0 Å². The van der Waals surface area contributed by atoms with E-state index in [4.69, 9.17) is 5.11 Å². The Hall–Kier alpha value is -1.06. The van der Waals surface area contributed by atoms with Gasteiger partial charge >= 0.3 is 5.97 Å². The molecule has 0 spiro atoms. The van der Waals surface area contributed by atoms with Gasteiger partial charge in [0.2, 0.25) is 5.91 Å². The highest BCUT2D eigenvalue weighted by atomic mass is 16.4. The Morgan fingerprint density at radius 3 is 1.42 bits per heavy atom. The van der Waals surface area contributed by atoms with E-state index < -0.39 is 12.0 Å². The van der Waals surface area contributed by atoms with Gasteiger partial charge in [-0.15, -0.1) is 0 Å². The third-order valence-electron chi connectivity index (χ3n) is 5.05. The summed E-state index contributed by atoms with van der Waals surface area (Å²) in [7, 11) is 0. The van der Waals surface area contributed by atoms with Gasteiger partial charge in [0.25, 0.3) is 0 Å². The molecule has 0 heterocycles. The lowest BCUT2D eigenvalue weighted by atomic mass is 10.0. The molecule has 0 aliphatic rings. The summed E-state index contributed by atoms with van der Waals surface area (Å²) in [5, 5.41) is 11.5. The van der Waals surface area contributed by atoms with E-state index >= 15 is 0 Å². The number of carboxylic acids is 1. The van der Waals surface area contributed by atoms with Crippen LogP contribution in [0, 0.1) is 0 Å². The van der Waals surface area contributed by atoms with Crippen molar-refractivity contribution in [1.29, 1.82) is 0 Å². The molecule has 0 aliphatic carbocycles. The van der Waals surface area contributed by atoms with Crippen LogP contribution in [0.4, 0.5) is 0 Å². The summed E-state index contributed by atoms with van der Waals surface area (Å²) in [6, 6.07) is -0.737. The molecule has 1 amide bonds. The van der Waals surface area contributed by atoms with Gasteiger partial charge in [0, 0.05) is 6.42 Å². The van der Waals surface area contributed by atoms with E-state index in [0.717, 1.165) is 12.8 Å². The summed E-state index contributed by atoms with van der Waals surface area (Å²) in [4.78, 5) is 22.5. The van der Waals surface area contributed by atoms with Crippen molar-refractivity contribution in [2.75, 3.05) is 0 Å². The Balaban J connectivity index is 3.26. The van der Waals surface area contributed by atoms with Crippen LogP contribution < -0.4 is 5.32 Å². The lowest BCUT2D eigenvalue weighted by molar-refractivity contribution is -0.141. The zero-order valence-corrected chi connectivity index (χ0v) is 17.4. The Morgan fingerprint density at radius 1 is 0.692 bits per heavy atom. The summed E-state index contributed by atoms with van der Waals surface area (Å²) in [5.74, 6) is -1.08. The van der Waals surface area contributed by atoms with E-state index in [1.54, 1.807) is 6.92 Å². The Labute approximate surface area is 161 Å². The zero-order chi connectivity index (χ0) is 19.5. The quantitative estimate of drug-likeness (QED) is 0.265. The number of unbranched alkanes of at least 4 members (excludes halogenated alkanes) is 14. The number of hydrogen-bond donors (Lipinski definition) is 2. The predicted molar refractivity (Wildman–Crippen MR) is 109 cm³/mol. The van der Waals surface area contributed by atoms with Crippen LogP contribution in [0.25, 0.3) is 0 Å². The van der Waals surface area contributed by atoms with Gasteiger partial charge in [0.1, 0.15) is 6.04 Å². The van der Waals surface area contributed by atoms with Crippen LogP contribution in [0.2, 0.25) is 0 Å². The van der Waals surface area contributed by atoms with Crippen molar-refractivity contribution in [3.05, 3.63) is 0 Å². The molecule has 4 heteroatoms. The van der Waals surface area contributed by atoms with Crippen molar-refractivity contribution in [2.45, 2.75) is 129 Å². The summed E-state index contributed by atoms with van der Waals surface area (Å²) in [6.45, 7) is 4.04. The molecule has 4 nitrogen and oxygen atoms in total. The van der Waals surface area contributed by atoms with Crippen LogP contribution in [0.5, 0.6) is 0 Å². The topological polar surface area (TPSA) is 66.4 Å². The van der Waals surface area contributed by atoms with Crippen molar-refractivity contribution in [3.63, 3.8) is 0 Å². The molecule has 0 aromatic heterocycles. The first-order chi connectivity index (χ1) is 12.6. The smallest absolute Gasteiger partial charge is 0.326 e. The molecule has 0 unspecified atom stereocenters. The molecular weight excluding hydrogens is 326 g/mol. The first kappa shape index (κ1) is 24.9. The number of aliphatic carboxylic acids is 1. The maximum atomic E-state index is 11.7. The normalized spacial score (nSPS) is 12.1. The molecule has 0 saturated carbocycles. The highest BCUT2D eigenvalue weighted by molar-refractivity contribution is 5.83. The molecule has 0 aliphatic heterocycles. The van der Waals surface area contributed by atoms with Gasteiger partial charge in [-0.05, 0) is 12.8 Å². The minimum Gasteiger partial charge on any atom is -0.480 e. The fourth-order valence-corrected chi connectivity index (χ4v) is 3.26. The monoisotopic (exact) mass is 369 g/mol. The van der Waals surface area contributed by atoms with E-state index in [2.05, 4.69) is 12.2 Å². The van der Waals surface area contributed by atoms with E-state index in [0.29, 0.717) is 12.8 Å². The van der Waals surface area contributed by atoms with Gasteiger partial charge in [0.05, 0.1) is 0 Å². The molecule has 0 fully saturated rings. The van der Waals surface area contributed by atoms with E-state index in [9.17, 15) is 9.59 Å². The maximum Gasteiger partial charge on any atom is 0.326 e. The van der Waals surface area contributed by atoms with Gasteiger partial charge < -0.3 is 10.4 Å². The first-order valence-corrected chi connectivity index (χ1v) is 11.1. The Morgan fingerprint density at radius 2 is 1.08 bits per heavy atom. The SMILES string of the molecule is CCCCCCCCCCCCCCCCCC(=O)N[C@@H](CC)C(=O)O. The summed E-state index contributed by atoms with van der Waals surface area (Å²) >= 11 is 0. The molecule has 0 radical (unpaired) electrons. The van der Waals surface area contributed by atoms with Crippen LogP contribution in [0.1, 0.15) is 123 Å². The van der Waals surface area contributed by atoms with Crippen molar-refractivity contribution in [3.8, 4) is 0 Å². The lowest BCUT2D eigenvalue weighted by Gasteiger charge is -2.11. The van der Waals surface area contributed by atoms with Crippen molar-refractivity contribution >= 4 is 11.9 Å². The highest BCUT2D eigenvalue weighted by Crippen LogP contribution is 2.13. The number of hydrogen-bond acceptors (Lipinski definition) is 2. The van der Waals surface area contributed by atoms with Gasteiger partial charge in [0.15, 0.2) is 0 Å². The van der Waals surface area contributed by atoms with Gasteiger partial charge in [-0.3, -0.25) is 4.79 Å². The number of rotatable bonds is 19. The average molecular weight is 370 g/mol. The highest BCUT2D eigenvalue weighted by Gasteiger charge is 2.16. The summed E-state index contributed by atoms with van der Waals surface area (Å²) < 4.78 is 0. The number of carbonyl (C=O) groups is 2. The molecule has 2 N–H and O–H groups in total. The second kappa shape index (κ2) is 18.7. The zero-order valence-electron chi connectivity index (χ0n) is 17.4. The van der Waals surface area contributed by atoms with Gasteiger partial charge in [-0.25, -0.2) is 4.79 Å². The lowest BCUT2D eigenvalue weighted by Crippen LogP contribution is -2.40. The summed E-state index contributed by atoms with van der Waals surface area (Å²) in [5.41, 5.74) is 0. The minimum atomic E-state index is -0.947. The van der Waals surface area contributed by atoms with Crippen LogP contribution in [-0.2, 0) is 9.59 Å². The van der Waals surface area contributed by atoms with Gasteiger partial charge in [-0.1, -0.05) is 104 Å². The third-order valence-corrected chi connectivity index (χ3v) is 5.05. The summed E-state index contributed by atoms with van der Waals surface area (Å²) in [6.07, 6.45) is 20.4. The molecule has 154 valence electrons. The number of nitrogens with one attached hydrogen (secondary N) is 1. The second-order valence-corrected chi connectivity index (χ2v) is 7.57. The number of carbonyl (C=O) groups excluding carboxylic acids is 1. The second-order valence-electron chi connectivity index (χ2n) is 7.57. The predicted octanol–water partition coefficient (Wildman–Crippen LogP) is 6.23. The van der Waals surface area contributed by atoms with Crippen molar-refractivity contribution < 1.29 is 14.7 Å². The molecule has 1 atom stereocenters. The Kier molecular flexibility index (Phi) is 18.0. The molecule has 0 bridgehead atoms. The van der Waals surface area contributed by atoms with Crippen LogP contribution in [0.3, 0.4) is 0 Å². The molecule has 26 heavy (non-hydrogen) atoms.